The fraction of sp³-hybridized carbons (Fsp3) is 0.409. The number of halogens is 1. The Bertz CT molecular complexity index is 764. The van der Waals surface area contributed by atoms with Gasteiger partial charge >= 0.3 is 0 Å². The molecule has 1 aliphatic heterocycles. The maximum atomic E-state index is 12.8. The molecular formula is C22H29ClN2O3. The zero-order valence-corrected chi connectivity index (χ0v) is 17.2. The monoisotopic (exact) mass is 404 g/mol. The molecule has 2 aromatic carbocycles. The van der Waals surface area contributed by atoms with Gasteiger partial charge in [0.15, 0.2) is 0 Å². The summed E-state index contributed by atoms with van der Waals surface area (Å²) in [5.41, 5.74) is 8.97. The fourth-order valence-electron chi connectivity index (χ4n) is 3.18. The van der Waals surface area contributed by atoms with Crippen LogP contribution in [0.25, 0.3) is 0 Å². The molecule has 152 valence electrons. The maximum absolute atomic E-state index is 12.8. The van der Waals surface area contributed by atoms with Gasteiger partial charge in [0, 0.05) is 12.6 Å². The number of rotatable bonds is 7. The lowest BCUT2D eigenvalue weighted by atomic mass is 9.94. The average molecular weight is 405 g/mol. The van der Waals surface area contributed by atoms with Crippen molar-refractivity contribution in [3.63, 3.8) is 0 Å². The Hall–Kier alpha value is -2.08. The Morgan fingerprint density at radius 1 is 1.29 bits per heavy atom. The molecule has 3 N–H and O–H groups in total. The molecule has 0 spiro atoms. The van der Waals surface area contributed by atoms with E-state index in [2.05, 4.69) is 5.32 Å². The number of ether oxygens (including phenoxy) is 2. The van der Waals surface area contributed by atoms with E-state index < -0.39 is 0 Å². The number of anilines is 1. The van der Waals surface area contributed by atoms with Crippen molar-refractivity contribution in [2.45, 2.75) is 38.8 Å². The minimum atomic E-state index is -0.375. The highest BCUT2D eigenvalue weighted by molar-refractivity contribution is 5.94. The van der Waals surface area contributed by atoms with Crippen LogP contribution >= 0.6 is 12.4 Å². The standard InChI is InChI=1S/C22H28N2O3.ClH/c1-15-10-11-19(20(13-15)27-14-18-9-6-12-26-18)24-22(25)16(2)21(23)17-7-4-3-5-8-17;/h3-5,7-8,10-11,13,16,18,21H,6,9,12,14,23H2,1-2H3,(H,24,25);1H. The van der Waals surface area contributed by atoms with E-state index in [1.807, 2.05) is 62.4 Å². The van der Waals surface area contributed by atoms with Crippen LogP contribution in [0.1, 0.15) is 36.9 Å². The second-order valence-corrected chi connectivity index (χ2v) is 7.16. The predicted octanol–water partition coefficient (Wildman–Crippen LogP) is 4.25. The topological polar surface area (TPSA) is 73.6 Å². The van der Waals surface area contributed by atoms with E-state index in [9.17, 15) is 4.79 Å². The van der Waals surface area contributed by atoms with Crippen molar-refractivity contribution in [3.8, 4) is 5.75 Å². The van der Waals surface area contributed by atoms with Crippen LogP contribution in [0.5, 0.6) is 5.75 Å². The van der Waals surface area contributed by atoms with Crippen LogP contribution in [0, 0.1) is 12.8 Å². The molecule has 1 aliphatic rings. The van der Waals surface area contributed by atoms with Gasteiger partial charge in [-0.1, -0.05) is 43.3 Å². The van der Waals surface area contributed by atoms with Crippen molar-refractivity contribution in [1.82, 2.24) is 0 Å². The zero-order valence-electron chi connectivity index (χ0n) is 16.4. The van der Waals surface area contributed by atoms with E-state index in [-0.39, 0.29) is 36.4 Å². The van der Waals surface area contributed by atoms with Gasteiger partial charge in [0.25, 0.3) is 0 Å². The van der Waals surface area contributed by atoms with Crippen molar-refractivity contribution in [2.75, 3.05) is 18.5 Å². The molecule has 0 aromatic heterocycles. The van der Waals surface area contributed by atoms with Gasteiger partial charge in [-0.3, -0.25) is 4.79 Å². The number of carbonyl (C=O) groups is 1. The third-order valence-corrected chi connectivity index (χ3v) is 4.98. The summed E-state index contributed by atoms with van der Waals surface area (Å²) in [5, 5.41) is 2.98. The van der Waals surface area contributed by atoms with Gasteiger partial charge in [0.1, 0.15) is 12.4 Å². The molecule has 1 heterocycles. The molecular weight excluding hydrogens is 376 g/mol. The van der Waals surface area contributed by atoms with Gasteiger partial charge in [0.2, 0.25) is 5.91 Å². The summed E-state index contributed by atoms with van der Waals surface area (Å²) in [6.45, 7) is 5.12. The summed E-state index contributed by atoms with van der Waals surface area (Å²) in [4.78, 5) is 12.8. The van der Waals surface area contributed by atoms with E-state index in [1.165, 1.54) is 0 Å². The van der Waals surface area contributed by atoms with Crippen molar-refractivity contribution in [1.29, 1.82) is 0 Å². The Morgan fingerprint density at radius 2 is 2.04 bits per heavy atom. The molecule has 0 bridgehead atoms. The molecule has 1 saturated heterocycles. The second kappa shape index (κ2) is 10.5. The molecule has 0 aliphatic carbocycles. The number of carbonyl (C=O) groups excluding carboxylic acids is 1. The summed E-state index contributed by atoms with van der Waals surface area (Å²) < 4.78 is 11.6. The minimum Gasteiger partial charge on any atom is -0.489 e. The van der Waals surface area contributed by atoms with Crippen LogP contribution in [0.2, 0.25) is 0 Å². The first-order chi connectivity index (χ1) is 13.0. The highest BCUT2D eigenvalue weighted by Crippen LogP contribution is 2.28. The molecule has 28 heavy (non-hydrogen) atoms. The molecule has 5 nitrogen and oxygen atoms in total. The number of nitrogens with one attached hydrogen (secondary N) is 1. The van der Waals surface area contributed by atoms with E-state index in [4.69, 9.17) is 15.2 Å². The number of hydrogen-bond acceptors (Lipinski definition) is 4. The summed E-state index contributed by atoms with van der Waals surface area (Å²) in [5.74, 6) is 0.163. The van der Waals surface area contributed by atoms with Crippen molar-refractivity contribution in [2.24, 2.45) is 11.7 Å². The van der Waals surface area contributed by atoms with Gasteiger partial charge in [-0.2, -0.15) is 0 Å². The lowest BCUT2D eigenvalue weighted by Gasteiger charge is -2.21. The molecule has 1 fully saturated rings. The molecule has 2 aromatic rings. The first-order valence-corrected chi connectivity index (χ1v) is 9.51. The second-order valence-electron chi connectivity index (χ2n) is 7.16. The van der Waals surface area contributed by atoms with Crippen molar-refractivity contribution < 1.29 is 14.3 Å². The molecule has 0 radical (unpaired) electrons. The van der Waals surface area contributed by atoms with Gasteiger partial charge < -0.3 is 20.5 Å². The highest BCUT2D eigenvalue weighted by Gasteiger charge is 2.23. The van der Waals surface area contributed by atoms with Crippen LogP contribution in [-0.2, 0) is 9.53 Å². The zero-order chi connectivity index (χ0) is 19.2. The average Bonchev–Trinajstić information content (AvgIpc) is 3.21. The Balaban J connectivity index is 0.00000280. The number of amides is 1. The third kappa shape index (κ3) is 5.71. The molecule has 3 rings (SSSR count). The van der Waals surface area contributed by atoms with Crippen molar-refractivity contribution >= 4 is 24.0 Å². The Labute approximate surface area is 173 Å². The number of aryl methyl sites for hydroxylation is 1. The molecule has 3 unspecified atom stereocenters. The number of nitrogens with two attached hydrogens (primary N) is 1. The fourth-order valence-corrected chi connectivity index (χ4v) is 3.18. The van der Waals surface area contributed by atoms with Gasteiger partial charge in [-0.05, 0) is 43.0 Å². The van der Waals surface area contributed by atoms with Crippen LogP contribution in [0.4, 0.5) is 5.69 Å². The predicted molar refractivity (Wildman–Crippen MR) is 114 cm³/mol. The lowest BCUT2D eigenvalue weighted by molar-refractivity contribution is -0.120. The van der Waals surface area contributed by atoms with Crippen LogP contribution in [0.15, 0.2) is 48.5 Å². The van der Waals surface area contributed by atoms with Crippen molar-refractivity contribution in [3.05, 3.63) is 59.7 Å². The quantitative estimate of drug-likeness (QED) is 0.723. The summed E-state index contributed by atoms with van der Waals surface area (Å²) in [6, 6.07) is 15.1. The largest absolute Gasteiger partial charge is 0.489 e. The SMILES string of the molecule is Cc1ccc(NC(=O)C(C)C(N)c2ccccc2)c(OCC2CCCO2)c1.Cl. The number of benzene rings is 2. The Morgan fingerprint density at radius 3 is 2.71 bits per heavy atom. The lowest BCUT2D eigenvalue weighted by Crippen LogP contribution is -2.30. The van der Waals surface area contributed by atoms with Crippen LogP contribution in [-0.4, -0.2) is 25.2 Å². The highest BCUT2D eigenvalue weighted by atomic mass is 35.5. The molecule has 6 heteroatoms. The normalized spacial score (nSPS) is 18.0. The first-order valence-electron chi connectivity index (χ1n) is 9.51. The van der Waals surface area contributed by atoms with Crippen LogP contribution < -0.4 is 15.8 Å². The minimum absolute atomic E-state index is 0. The Kier molecular flexibility index (Phi) is 8.30. The summed E-state index contributed by atoms with van der Waals surface area (Å²) in [7, 11) is 0. The van der Waals surface area contributed by atoms with Crippen LogP contribution in [0.3, 0.4) is 0 Å². The third-order valence-electron chi connectivity index (χ3n) is 4.98. The van der Waals surface area contributed by atoms with E-state index in [0.29, 0.717) is 18.0 Å². The summed E-state index contributed by atoms with van der Waals surface area (Å²) in [6.07, 6.45) is 2.20. The van der Waals surface area contributed by atoms with Gasteiger partial charge in [-0.15, -0.1) is 12.4 Å². The molecule has 0 saturated carbocycles. The van der Waals surface area contributed by atoms with E-state index in [1.54, 1.807) is 0 Å². The van der Waals surface area contributed by atoms with E-state index in [0.717, 1.165) is 30.6 Å². The molecule has 1 amide bonds. The number of hydrogen-bond donors (Lipinski definition) is 2. The van der Waals surface area contributed by atoms with Gasteiger partial charge in [0.05, 0.1) is 17.7 Å². The summed E-state index contributed by atoms with van der Waals surface area (Å²) >= 11 is 0. The maximum Gasteiger partial charge on any atom is 0.229 e. The van der Waals surface area contributed by atoms with Gasteiger partial charge in [-0.25, -0.2) is 0 Å². The molecule has 3 atom stereocenters. The smallest absolute Gasteiger partial charge is 0.229 e. The van der Waals surface area contributed by atoms with E-state index >= 15 is 0 Å². The first kappa shape index (κ1) is 22.2.